The van der Waals surface area contributed by atoms with Crippen LogP contribution in [0.25, 0.3) is 22.3 Å². The summed E-state index contributed by atoms with van der Waals surface area (Å²) < 4.78 is 4.99. The van der Waals surface area contributed by atoms with E-state index in [2.05, 4.69) is 6.07 Å². The summed E-state index contributed by atoms with van der Waals surface area (Å²) in [7, 11) is 1.25. The van der Waals surface area contributed by atoms with Gasteiger partial charge in [-0.3, -0.25) is 0 Å². The van der Waals surface area contributed by atoms with Crippen LogP contribution in [0.3, 0.4) is 0 Å². The Morgan fingerprint density at radius 2 is 1.41 bits per heavy atom. The summed E-state index contributed by atoms with van der Waals surface area (Å²) in [5.41, 5.74) is 10.7. The second-order valence-corrected chi connectivity index (χ2v) is 6.74. The number of rotatable bonds is 3. The van der Waals surface area contributed by atoms with E-state index >= 15 is 0 Å². The smallest absolute Gasteiger partial charge is 0.339 e. The standard InChI is InChI=1S/C24H19N3O2/c1-14-6-4-8-16(10-14)20-18(12-25)23(27)19(13-26)22(24(28)29-3)21(20)17-9-5-7-15(2)11-17/h4-11H,27H2,1-3H3. The molecule has 0 unspecified atom stereocenters. The maximum atomic E-state index is 12.8. The minimum atomic E-state index is -0.678. The molecule has 0 bridgehead atoms. The first-order valence-electron chi connectivity index (χ1n) is 8.95. The predicted molar refractivity (Wildman–Crippen MR) is 112 cm³/mol. The lowest BCUT2D eigenvalue weighted by Crippen LogP contribution is -2.12. The Balaban J connectivity index is 2.62. The Morgan fingerprint density at radius 1 is 0.897 bits per heavy atom. The van der Waals surface area contributed by atoms with Gasteiger partial charge in [-0.25, -0.2) is 4.79 Å². The third kappa shape index (κ3) is 3.42. The number of nitrogen functional groups attached to an aromatic ring is 1. The van der Waals surface area contributed by atoms with Gasteiger partial charge in [-0.2, -0.15) is 10.5 Å². The monoisotopic (exact) mass is 381 g/mol. The first kappa shape index (κ1) is 19.7. The van der Waals surface area contributed by atoms with E-state index < -0.39 is 5.97 Å². The number of anilines is 1. The van der Waals surface area contributed by atoms with Crippen molar-refractivity contribution in [1.29, 1.82) is 10.5 Å². The van der Waals surface area contributed by atoms with Gasteiger partial charge in [0.15, 0.2) is 0 Å². The maximum Gasteiger partial charge on any atom is 0.339 e. The predicted octanol–water partition coefficient (Wildman–Crippen LogP) is 4.75. The number of nitrogens with two attached hydrogens (primary N) is 1. The molecule has 0 aromatic heterocycles. The molecule has 0 saturated carbocycles. The fraction of sp³-hybridized carbons (Fsp3) is 0.125. The number of carbonyl (C=O) groups is 1. The molecule has 0 aliphatic rings. The van der Waals surface area contributed by atoms with Crippen LogP contribution in [0.15, 0.2) is 48.5 Å². The molecule has 0 heterocycles. The summed E-state index contributed by atoms with van der Waals surface area (Å²) in [6.07, 6.45) is 0. The van der Waals surface area contributed by atoms with Gasteiger partial charge in [0.2, 0.25) is 0 Å². The summed E-state index contributed by atoms with van der Waals surface area (Å²) in [4.78, 5) is 12.8. The number of aryl methyl sites for hydroxylation is 2. The lowest BCUT2D eigenvalue weighted by Gasteiger charge is -2.20. The fourth-order valence-corrected chi connectivity index (χ4v) is 3.49. The Hall–Kier alpha value is -4.09. The second kappa shape index (κ2) is 7.88. The normalized spacial score (nSPS) is 10.1. The van der Waals surface area contributed by atoms with E-state index in [4.69, 9.17) is 10.5 Å². The van der Waals surface area contributed by atoms with Crippen LogP contribution in [-0.2, 0) is 4.74 Å². The lowest BCUT2D eigenvalue weighted by atomic mass is 9.83. The third-order valence-electron chi connectivity index (χ3n) is 4.77. The van der Waals surface area contributed by atoms with Crippen molar-refractivity contribution >= 4 is 11.7 Å². The van der Waals surface area contributed by atoms with Crippen molar-refractivity contribution in [2.24, 2.45) is 0 Å². The molecule has 3 rings (SSSR count). The zero-order chi connectivity index (χ0) is 21.1. The molecule has 0 amide bonds. The van der Waals surface area contributed by atoms with Crippen LogP contribution in [-0.4, -0.2) is 13.1 Å². The van der Waals surface area contributed by atoms with Crippen LogP contribution >= 0.6 is 0 Å². The van der Waals surface area contributed by atoms with Crippen LogP contribution in [0, 0.1) is 36.5 Å². The Morgan fingerprint density at radius 3 is 1.86 bits per heavy atom. The molecule has 5 heteroatoms. The van der Waals surface area contributed by atoms with E-state index in [9.17, 15) is 15.3 Å². The van der Waals surface area contributed by atoms with Crippen LogP contribution in [0.1, 0.15) is 32.6 Å². The van der Waals surface area contributed by atoms with Gasteiger partial charge in [0, 0.05) is 11.1 Å². The van der Waals surface area contributed by atoms with Crippen LogP contribution < -0.4 is 5.73 Å². The van der Waals surface area contributed by atoms with Gasteiger partial charge in [-0.05, 0) is 25.0 Å². The molecule has 0 spiro atoms. The number of nitriles is 2. The zero-order valence-corrected chi connectivity index (χ0v) is 16.4. The van der Waals surface area contributed by atoms with Gasteiger partial charge in [-0.15, -0.1) is 0 Å². The van der Waals surface area contributed by atoms with Crippen molar-refractivity contribution in [2.45, 2.75) is 13.8 Å². The highest BCUT2D eigenvalue weighted by Gasteiger charge is 2.29. The van der Waals surface area contributed by atoms with Gasteiger partial charge in [0.25, 0.3) is 0 Å². The number of hydrogen-bond donors (Lipinski definition) is 1. The van der Waals surface area contributed by atoms with Crippen molar-refractivity contribution in [3.8, 4) is 34.4 Å². The molecule has 29 heavy (non-hydrogen) atoms. The summed E-state index contributed by atoms with van der Waals surface area (Å²) in [6.45, 7) is 3.87. The van der Waals surface area contributed by atoms with Crippen molar-refractivity contribution in [2.75, 3.05) is 12.8 Å². The average Bonchev–Trinajstić information content (AvgIpc) is 2.72. The van der Waals surface area contributed by atoms with E-state index in [-0.39, 0.29) is 22.4 Å². The largest absolute Gasteiger partial charge is 0.465 e. The summed E-state index contributed by atoms with van der Waals surface area (Å²) in [6, 6.07) is 19.3. The highest BCUT2D eigenvalue weighted by molar-refractivity contribution is 6.08. The van der Waals surface area contributed by atoms with Gasteiger partial charge in [-0.1, -0.05) is 59.7 Å². The number of hydrogen-bond acceptors (Lipinski definition) is 5. The average molecular weight is 381 g/mol. The summed E-state index contributed by atoms with van der Waals surface area (Å²) in [5.74, 6) is -0.678. The molecule has 0 aliphatic carbocycles. The van der Waals surface area contributed by atoms with Gasteiger partial charge >= 0.3 is 5.97 Å². The van der Waals surface area contributed by atoms with Crippen LogP contribution in [0.4, 0.5) is 5.69 Å². The SMILES string of the molecule is COC(=O)c1c(C#N)c(N)c(C#N)c(-c2cccc(C)c2)c1-c1cccc(C)c1. The fourth-order valence-electron chi connectivity index (χ4n) is 3.49. The van der Waals surface area contributed by atoms with E-state index in [0.717, 1.165) is 16.7 Å². The van der Waals surface area contributed by atoms with Crippen LogP contribution in [0.2, 0.25) is 0 Å². The Labute approximate surface area is 169 Å². The van der Waals surface area contributed by atoms with E-state index in [0.29, 0.717) is 16.7 Å². The van der Waals surface area contributed by atoms with Crippen LogP contribution in [0.5, 0.6) is 0 Å². The maximum absolute atomic E-state index is 12.8. The molecule has 3 aromatic rings. The quantitative estimate of drug-likeness (QED) is 0.521. The molecule has 0 saturated heterocycles. The number of carbonyl (C=O) groups excluding carboxylic acids is 1. The molecule has 2 N–H and O–H groups in total. The highest BCUT2D eigenvalue weighted by Crippen LogP contribution is 2.43. The molecular weight excluding hydrogens is 362 g/mol. The first-order chi connectivity index (χ1) is 13.9. The van der Waals surface area contributed by atoms with E-state index in [1.54, 1.807) is 0 Å². The molecule has 0 radical (unpaired) electrons. The number of methoxy groups -OCH3 is 1. The second-order valence-electron chi connectivity index (χ2n) is 6.74. The van der Waals surface area contributed by atoms with Gasteiger partial charge in [0.05, 0.1) is 29.5 Å². The van der Waals surface area contributed by atoms with Gasteiger partial charge in [0.1, 0.15) is 12.1 Å². The minimum Gasteiger partial charge on any atom is -0.465 e. The zero-order valence-electron chi connectivity index (χ0n) is 16.4. The van der Waals surface area contributed by atoms with Crippen molar-refractivity contribution in [3.05, 3.63) is 76.3 Å². The molecule has 0 atom stereocenters. The number of ether oxygens (including phenoxy) is 1. The topological polar surface area (TPSA) is 99.9 Å². The number of nitrogens with zero attached hydrogens (tertiary/aromatic N) is 2. The van der Waals surface area contributed by atoms with Crippen molar-refractivity contribution < 1.29 is 9.53 Å². The molecule has 5 nitrogen and oxygen atoms in total. The number of benzene rings is 3. The molecular formula is C24H19N3O2. The third-order valence-corrected chi connectivity index (χ3v) is 4.77. The van der Waals surface area contributed by atoms with Gasteiger partial charge < -0.3 is 10.5 Å². The summed E-state index contributed by atoms with van der Waals surface area (Å²) in [5, 5.41) is 19.7. The molecule has 0 fully saturated rings. The minimum absolute atomic E-state index is 0.0247. The number of esters is 1. The lowest BCUT2D eigenvalue weighted by molar-refractivity contribution is 0.0601. The van der Waals surface area contributed by atoms with Crippen molar-refractivity contribution in [1.82, 2.24) is 0 Å². The Bertz CT molecular complexity index is 1210. The summed E-state index contributed by atoms with van der Waals surface area (Å²) >= 11 is 0. The van der Waals surface area contributed by atoms with E-state index in [1.165, 1.54) is 7.11 Å². The molecule has 0 aliphatic heterocycles. The Kier molecular flexibility index (Phi) is 5.34. The first-order valence-corrected chi connectivity index (χ1v) is 8.95. The molecule has 142 valence electrons. The highest BCUT2D eigenvalue weighted by atomic mass is 16.5. The molecule has 3 aromatic carbocycles. The van der Waals surface area contributed by atoms with E-state index in [1.807, 2.05) is 68.4 Å². The van der Waals surface area contributed by atoms with Crippen molar-refractivity contribution in [3.63, 3.8) is 0 Å².